The highest BCUT2D eigenvalue weighted by Gasteiger charge is 2.32. The summed E-state index contributed by atoms with van der Waals surface area (Å²) in [7, 11) is 0. The van der Waals surface area contributed by atoms with Crippen LogP contribution in [0.4, 0.5) is 23.4 Å². The zero-order valence-corrected chi connectivity index (χ0v) is 16.0. The maximum absolute atomic E-state index is 13.1. The number of benzene rings is 1. The summed E-state index contributed by atoms with van der Waals surface area (Å²) in [5.41, 5.74) is 1.00. The van der Waals surface area contributed by atoms with Crippen molar-refractivity contribution in [2.45, 2.75) is 18.7 Å². The summed E-state index contributed by atoms with van der Waals surface area (Å²) in [5.74, 6) is -0.208. The summed E-state index contributed by atoms with van der Waals surface area (Å²) in [5, 5.41) is 11.2. The monoisotopic (exact) mass is 439 g/mol. The number of hydrogen-bond acceptors (Lipinski definition) is 5. The van der Waals surface area contributed by atoms with Crippen molar-refractivity contribution >= 4 is 23.1 Å². The van der Waals surface area contributed by atoms with E-state index in [4.69, 9.17) is 16.4 Å². The molecule has 0 unspecified atom stereocenters. The molecule has 0 spiro atoms. The Balaban J connectivity index is 1.36. The molecule has 0 bridgehead atoms. The molecule has 11 heteroatoms. The summed E-state index contributed by atoms with van der Waals surface area (Å²) in [4.78, 5) is 9.09. The molecule has 0 radical (unpaired) electrons. The van der Waals surface area contributed by atoms with Crippen LogP contribution in [-0.4, -0.2) is 33.1 Å². The Kier molecular flexibility index (Phi) is 5.33. The van der Waals surface area contributed by atoms with E-state index < -0.39 is 11.7 Å². The van der Waals surface area contributed by atoms with Crippen molar-refractivity contribution in [2.75, 3.05) is 11.9 Å². The van der Waals surface area contributed by atoms with Crippen molar-refractivity contribution in [1.82, 2.24) is 14.8 Å². The number of halogens is 5. The lowest BCUT2D eigenvalue weighted by Crippen LogP contribution is -2.21. The predicted octanol–water partition coefficient (Wildman–Crippen LogP) is 4.68. The molecule has 1 N–H and O–H groups in total. The standard InChI is InChI=1S/C19H14ClF4N5O/c20-15-7-11(19(22,23)24)9-25-18(15)26-10-14-8-17(28-30-14)16-5-6-29(27-16)13-3-1-12(21)2-4-13/h1-7,9,14H,8,10H2,(H,25,26)/t14-/m1/s1. The van der Waals surface area contributed by atoms with Crippen molar-refractivity contribution in [1.29, 1.82) is 0 Å². The third kappa shape index (κ3) is 4.38. The van der Waals surface area contributed by atoms with E-state index in [1.54, 1.807) is 29.1 Å². The van der Waals surface area contributed by atoms with E-state index in [-0.39, 0.29) is 29.3 Å². The molecule has 1 aliphatic rings. The summed E-state index contributed by atoms with van der Waals surface area (Å²) in [6, 6.07) is 8.47. The number of hydrogen-bond donors (Lipinski definition) is 1. The molecule has 30 heavy (non-hydrogen) atoms. The molecule has 1 atom stereocenters. The van der Waals surface area contributed by atoms with Crippen LogP contribution in [0.5, 0.6) is 0 Å². The maximum atomic E-state index is 13.1. The van der Waals surface area contributed by atoms with Gasteiger partial charge in [-0.1, -0.05) is 16.8 Å². The number of nitrogens with one attached hydrogen (secondary N) is 1. The largest absolute Gasteiger partial charge is 0.417 e. The van der Waals surface area contributed by atoms with Crippen LogP contribution in [0.3, 0.4) is 0 Å². The molecule has 0 saturated carbocycles. The average molecular weight is 440 g/mol. The third-order valence-electron chi connectivity index (χ3n) is 4.37. The highest BCUT2D eigenvalue weighted by atomic mass is 35.5. The Morgan fingerprint density at radius 1 is 1.20 bits per heavy atom. The van der Waals surface area contributed by atoms with Crippen LogP contribution in [0, 0.1) is 5.82 Å². The normalized spacial score (nSPS) is 16.3. The number of pyridine rings is 1. The highest BCUT2D eigenvalue weighted by Crippen LogP contribution is 2.32. The lowest BCUT2D eigenvalue weighted by molar-refractivity contribution is -0.137. The van der Waals surface area contributed by atoms with E-state index in [0.29, 0.717) is 29.7 Å². The van der Waals surface area contributed by atoms with Crippen molar-refractivity contribution in [2.24, 2.45) is 5.16 Å². The summed E-state index contributed by atoms with van der Waals surface area (Å²) >= 11 is 5.89. The minimum atomic E-state index is -4.51. The first kappa shape index (κ1) is 20.1. The Hall–Kier alpha value is -3.14. The van der Waals surface area contributed by atoms with Crippen molar-refractivity contribution in [3.8, 4) is 5.69 Å². The molecule has 0 saturated heterocycles. The Bertz CT molecular complexity index is 1080. The summed E-state index contributed by atoms with van der Waals surface area (Å²) in [6.45, 7) is 0.240. The number of aromatic nitrogens is 3. The molecule has 3 heterocycles. The third-order valence-corrected chi connectivity index (χ3v) is 4.66. The van der Waals surface area contributed by atoms with Crippen molar-refractivity contribution < 1.29 is 22.4 Å². The lowest BCUT2D eigenvalue weighted by atomic mass is 10.1. The first-order chi connectivity index (χ1) is 14.3. The quantitative estimate of drug-likeness (QED) is 0.586. The number of nitrogens with zero attached hydrogens (tertiary/aromatic N) is 4. The molecule has 4 rings (SSSR count). The minimum Gasteiger partial charge on any atom is -0.390 e. The van der Waals surface area contributed by atoms with Gasteiger partial charge in [-0.25, -0.2) is 14.1 Å². The molecular formula is C19H14ClF4N5O. The molecule has 1 aliphatic heterocycles. The molecule has 2 aromatic heterocycles. The van der Waals surface area contributed by atoms with Crippen LogP contribution in [0.25, 0.3) is 5.69 Å². The zero-order chi connectivity index (χ0) is 21.3. The van der Waals surface area contributed by atoms with Crippen molar-refractivity contribution in [3.05, 3.63) is 70.9 Å². The Morgan fingerprint density at radius 3 is 2.67 bits per heavy atom. The second kappa shape index (κ2) is 7.94. The first-order valence-electron chi connectivity index (χ1n) is 8.81. The van der Waals surface area contributed by atoms with E-state index in [1.807, 2.05) is 0 Å². The fraction of sp³-hybridized carbons (Fsp3) is 0.211. The Morgan fingerprint density at radius 2 is 1.97 bits per heavy atom. The van der Waals surface area contributed by atoms with Gasteiger partial charge in [0.15, 0.2) is 0 Å². The second-order valence-electron chi connectivity index (χ2n) is 6.52. The van der Waals surface area contributed by atoms with Crippen LogP contribution >= 0.6 is 11.6 Å². The van der Waals surface area contributed by atoms with Gasteiger partial charge in [-0.05, 0) is 36.4 Å². The van der Waals surface area contributed by atoms with Gasteiger partial charge in [0.2, 0.25) is 0 Å². The lowest BCUT2D eigenvalue weighted by Gasteiger charge is -2.13. The van der Waals surface area contributed by atoms with E-state index in [1.165, 1.54) is 12.1 Å². The van der Waals surface area contributed by atoms with E-state index in [2.05, 4.69) is 20.6 Å². The number of oxime groups is 1. The average Bonchev–Trinajstić information content (AvgIpc) is 3.36. The van der Waals surface area contributed by atoms with Crippen LogP contribution in [0.1, 0.15) is 17.7 Å². The molecule has 0 fully saturated rings. The van der Waals surface area contributed by atoms with Gasteiger partial charge in [-0.2, -0.15) is 18.3 Å². The number of anilines is 1. The predicted molar refractivity (Wildman–Crippen MR) is 102 cm³/mol. The number of alkyl halides is 3. The first-order valence-corrected chi connectivity index (χ1v) is 9.18. The SMILES string of the molecule is Fc1ccc(-n2ccc(C3=NO[C@@H](CNc4ncc(C(F)(F)F)cc4Cl)C3)n2)cc1. The van der Waals surface area contributed by atoms with Crippen LogP contribution in [0.2, 0.25) is 5.02 Å². The fourth-order valence-electron chi connectivity index (χ4n) is 2.84. The second-order valence-corrected chi connectivity index (χ2v) is 6.93. The summed E-state index contributed by atoms with van der Waals surface area (Å²) < 4.78 is 52.7. The van der Waals surface area contributed by atoms with Gasteiger partial charge >= 0.3 is 6.18 Å². The molecular weight excluding hydrogens is 426 g/mol. The summed E-state index contributed by atoms with van der Waals surface area (Å²) in [6.07, 6.45) is -2.00. The molecule has 3 aromatic rings. The smallest absolute Gasteiger partial charge is 0.390 e. The fourth-order valence-corrected chi connectivity index (χ4v) is 3.07. The highest BCUT2D eigenvalue weighted by molar-refractivity contribution is 6.32. The Labute approximate surface area is 173 Å². The van der Waals surface area contributed by atoms with Gasteiger partial charge in [-0.3, -0.25) is 0 Å². The van der Waals surface area contributed by atoms with Crippen LogP contribution in [0.15, 0.2) is 53.9 Å². The van der Waals surface area contributed by atoms with Gasteiger partial charge in [0, 0.05) is 18.8 Å². The molecule has 0 aliphatic carbocycles. The molecule has 156 valence electrons. The van der Waals surface area contributed by atoms with Gasteiger partial charge in [-0.15, -0.1) is 0 Å². The van der Waals surface area contributed by atoms with Crippen LogP contribution in [-0.2, 0) is 11.0 Å². The van der Waals surface area contributed by atoms with Gasteiger partial charge in [0.1, 0.15) is 29.1 Å². The van der Waals surface area contributed by atoms with Gasteiger partial charge < -0.3 is 10.2 Å². The molecule has 6 nitrogen and oxygen atoms in total. The topological polar surface area (TPSA) is 64.3 Å². The number of rotatable bonds is 5. The van der Waals surface area contributed by atoms with Gasteiger partial charge in [0.25, 0.3) is 0 Å². The maximum Gasteiger partial charge on any atom is 0.417 e. The van der Waals surface area contributed by atoms with Crippen LogP contribution < -0.4 is 5.32 Å². The minimum absolute atomic E-state index is 0.127. The van der Waals surface area contributed by atoms with Crippen molar-refractivity contribution in [3.63, 3.8) is 0 Å². The van der Waals surface area contributed by atoms with Gasteiger partial charge in [0.05, 0.1) is 22.8 Å². The van der Waals surface area contributed by atoms with E-state index >= 15 is 0 Å². The van der Waals surface area contributed by atoms with E-state index in [9.17, 15) is 17.6 Å². The molecule has 0 amide bonds. The zero-order valence-electron chi connectivity index (χ0n) is 15.2. The van der Waals surface area contributed by atoms with E-state index in [0.717, 1.165) is 6.07 Å². The molecule has 1 aromatic carbocycles.